The first kappa shape index (κ1) is 12.9. The average Bonchev–Trinajstić information content (AvgIpc) is 2.82. The van der Waals surface area contributed by atoms with Crippen molar-refractivity contribution >= 4 is 5.91 Å². The number of hydrogen-bond acceptors (Lipinski definition) is 7. The number of nitrogens with one attached hydrogen (secondary N) is 1. The van der Waals surface area contributed by atoms with E-state index in [-0.39, 0.29) is 22.9 Å². The number of ether oxygens (including phenoxy) is 2. The zero-order valence-electron chi connectivity index (χ0n) is 23.3. The number of halogens is 1. The molecule has 9 heteroatoms. The predicted molar refractivity (Wildman–Crippen MR) is 107 cm³/mol. The Hall–Kier alpha value is -3.59. The third kappa shape index (κ3) is 5.06. The van der Waals surface area contributed by atoms with E-state index in [1.54, 1.807) is 0 Å². The molecule has 156 valence electrons. The summed E-state index contributed by atoms with van der Waals surface area (Å²) in [4.78, 5) is 24.0. The summed E-state index contributed by atoms with van der Waals surface area (Å²) in [5.74, 6) is -2.17. The molecule has 1 atom stereocenters. The Labute approximate surface area is 184 Å². The number of methoxy groups -OCH3 is 1. The van der Waals surface area contributed by atoms with Gasteiger partial charge in [-0.1, -0.05) is 0 Å². The number of carbonyl (C=O) groups excluding carboxylic acids is 1. The minimum atomic E-state index is -3.00. The van der Waals surface area contributed by atoms with E-state index < -0.39 is 50.5 Å². The number of hydrogen-bond donors (Lipinski definition) is 2. The number of nitrogens with zero attached hydrogens (tertiary/aromatic N) is 3. The summed E-state index contributed by atoms with van der Waals surface area (Å²) < 4.78 is 81.6. The van der Waals surface area contributed by atoms with E-state index in [2.05, 4.69) is 25.0 Å². The molecule has 2 N–H and O–H groups in total. The maximum atomic E-state index is 14.1. The van der Waals surface area contributed by atoms with Crippen LogP contribution in [0.25, 0.3) is 11.3 Å². The Morgan fingerprint density at radius 1 is 1.30 bits per heavy atom. The minimum Gasteiger partial charge on any atom is -0.495 e. The highest BCUT2D eigenvalue weighted by Gasteiger charge is 2.17. The molecule has 30 heavy (non-hydrogen) atoms. The van der Waals surface area contributed by atoms with Gasteiger partial charge >= 0.3 is 0 Å². The van der Waals surface area contributed by atoms with Crippen molar-refractivity contribution in [2.45, 2.75) is 13.0 Å². The van der Waals surface area contributed by atoms with Crippen molar-refractivity contribution in [2.75, 3.05) is 20.1 Å². The summed E-state index contributed by atoms with van der Waals surface area (Å²) >= 11 is 0. The van der Waals surface area contributed by atoms with E-state index >= 15 is 0 Å². The highest BCUT2D eigenvalue weighted by molar-refractivity contribution is 5.92. The Morgan fingerprint density at radius 3 is 2.90 bits per heavy atom. The van der Waals surface area contributed by atoms with Crippen LogP contribution in [0.4, 0.5) is 4.39 Å². The first-order chi connectivity index (χ1) is 17.6. The van der Waals surface area contributed by atoms with E-state index in [1.165, 1.54) is 30.5 Å². The van der Waals surface area contributed by atoms with Gasteiger partial charge in [0.2, 0.25) is 5.95 Å². The van der Waals surface area contributed by atoms with Gasteiger partial charge in [0.1, 0.15) is 23.3 Å². The SMILES string of the molecule is [2H]C([2H])([2H])Oc1cnc(F)c([C@H](O)CNC(=O)c2cncc(-c3ccc(OC([2H])([2H])C([2H])([2H])[2H])cc3)n2)c1. The fraction of sp³-hybridized carbons (Fsp3) is 0.238. The lowest BCUT2D eigenvalue weighted by Crippen LogP contribution is -2.29. The largest absolute Gasteiger partial charge is 0.495 e. The molecule has 0 unspecified atom stereocenters. The van der Waals surface area contributed by atoms with Crippen LogP contribution in [0.1, 0.15) is 40.0 Å². The van der Waals surface area contributed by atoms with E-state index in [0.29, 0.717) is 5.56 Å². The van der Waals surface area contributed by atoms with Crippen molar-refractivity contribution in [2.24, 2.45) is 0 Å². The van der Waals surface area contributed by atoms with Crippen LogP contribution in [0, 0.1) is 5.95 Å². The lowest BCUT2D eigenvalue weighted by molar-refractivity contribution is 0.0908. The van der Waals surface area contributed by atoms with Gasteiger partial charge in [-0.25, -0.2) is 9.97 Å². The molecule has 1 amide bonds. The minimum absolute atomic E-state index is 0.0409. The van der Waals surface area contributed by atoms with E-state index in [4.69, 9.17) is 15.7 Å². The summed E-state index contributed by atoms with van der Waals surface area (Å²) in [6.07, 6.45) is 1.76. The second-order valence-electron chi connectivity index (χ2n) is 5.90. The van der Waals surface area contributed by atoms with Crippen LogP contribution in [0.5, 0.6) is 11.5 Å². The number of aromatic nitrogens is 3. The summed E-state index contributed by atoms with van der Waals surface area (Å²) in [6.45, 7) is -6.37. The summed E-state index contributed by atoms with van der Waals surface area (Å²) in [7, 11) is -2.81. The average molecular weight is 420 g/mol. The van der Waals surface area contributed by atoms with Crippen LogP contribution in [-0.4, -0.2) is 46.1 Å². The molecule has 0 radical (unpaired) electrons. The molecular weight excluding hydrogens is 391 g/mol. The monoisotopic (exact) mass is 420 g/mol. The molecule has 8 nitrogen and oxygen atoms in total. The Kier molecular flexibility index (Phi) is 4.18. The maximum Gasteiger partial charge on any atom is 0.271 e. The number of aliphatic hydroxyl groups is 1. The number of benzene rings is 1. The fourth-order valence-corrected chi connectivity index (χ4v) is 2.49. The van der Waals surface area contributed by atoms with Gasteiger partial charge in [0.05, 0.1) is 44.7 Å². The molecule has 0 bridgehead atoms. The smallest absolute Gasteiger partial charge is 0.271 e. The molecule has 2 heterocycles. The van der Waals surface area contributed by atoms with Gasteiger partial charge in [-0.15, -0.1) is 0 Å². The van der Waals surface area contributed by atoms with E-state index in [9.17, 15) is 14.3 Å². The Bertz CT molecular complexity index is 1290. The molecule has 0 spiro atoms. The van der Waals surface area contributed by atoms with Crippen LogP contribution in [0.2, 0.25) is 0 Å². The summed E-state index contributed by atoms with van der Waals surface area (Å²) in [5, 5.41) is 12.7. The first-order valence-corrected chi connectivity index (χ1v) is 8.48. The summed E-state index contributed by atoms with van der Waals surface area (Å²) in [6, 6.07) is 6.55. The van der Waals surface area contributed by atoms with Crippen molar-refractivity contribution in [3.63, 3.8) is 0 Å². The Balaban J connectivity index is 1.67. The number of pyridine rings is 1. The van der Waals surface area contributed by atoms with Gasteiger partial charge in [0.15, 0.2) is 0 Å². The highest BCUT2D eigenvalue weighted by Crippen LogP contribution is 2.21. The van der Waals surface area contributed by atoms with Gasteiger partial charge in [-0.05, 0) is 37.2 Å². The summed E-state index contributed by atoms with van der Waals surface area (Å²) in [5.41, 5.74) is 0.158. The van der Waals surface area contributed by atoms with Crippen LogP contribution in [0.15, 0.2) is 48.9 Å². The molecule has 0 aliphatic carbocycles. The van der Waals surface area contributed by atoms with Gasteiger partial charge in [-0.2, -0.15) is 4.39 Å². The van der Waals surface area contributed by atoms with Crippen LogP contribution < -0.4 is 14.8 Å². The zero-order chi connectivity index (χ0) is 28.3. The van der Waals surface area contributed by atoms with Crippen LogP contribution >= 0.6 is 0 Å². The zero-order valence-corrected chi connectivity index (χ0v) is 15.3. The predicted octanol–water partition coefficient (Wildman–Crippen LogP) is 2.55. The molecule has 2 aromatic heterocycles. The molecule has 0 saturated heterocycles. The number of aliphatic hydroxyl groups excluding tert-OH is 1. The maximum absolute atomic E-state index is 14.1. The molecule has 3 aromatic rings. The third-order valence-corrected chi connectivity index (χ3v) is 3.96. The van der Waals surface area contributed by atoms with Gasteiger partial charge < -0.3 is 19.9 Å². The Morgan fingerprint density at radius 2 is 2.13 bits per heavy atom. The molecular formula is C21H21FN4O4. The fourth-order valence-electron chi connectivity index (χ4n) is 2.49. The van der Waals surface area contributed by atoms with Crippen molar-refractivity contribution in [1.29, 1.82) is 0 Å². The molecule has 0 aliphatic heterocycles. The highest BCUT2D eigenvalue weighted by atomic mass is 19.1. The van der Waals surface area contributed by atoms with Crippen molar-refractivity contribution < 1.29 is 34.7 Å². The third-order valence-electron chi connectivity index (χ3n) is 3.96. The first-order valence-electron chi connectivity index (χ1n) is 12.5. The topological polar surface area (TPSA) is 106 Å². The molecule has 0 saturated carbocycles. The molecule has 0 fully saturated rings. The van der Waals surface area contributed by atoms with E-state index in [0.717, 1.165) is 18.5 Å². The molecule has 0 aliphatic rings. The van der Waals surface area contributed by atoms with Gasteiger partial charge in [-0.3, -0.25) is 9.78 Å². The second kappa shape index (κ2) is 9.75. The van der Waals surface area contributed by atoms with Crippen LogP contribution in [0.3, 0.4) is 0 Å². The van der Waals surface area contributed by atoms with E-state index in [1.807, 2.05) is 0 Å². The lowest BCUT2D eigenvalue weighted by Gasteiger charge is -2.13. The number of carbonyl (C=O) groups is 1. The lowest BCUT2D eigenvalue weighted by atomic mass is 10.1. The molecule has 1 aromatic carbocycles. The van der Waals surface area contributed by atoms with Crippen LogP contribution in [-0.2, 0) is 0 Å². The van der Waals surface area contributed by atoms with Gasteiger partial charge in [0.25, 0.3) is 5.91 Å². The second-order valence-corrected chi connectivity index (χ2v) is 5.90. The van der Waals surface area contributed by atoms with Crippen molar-refractivity contribution in [3.8, 4) is 22.8 Å². The number of rotatable bonds is 8. The van der Waals surface area contributed by atoms with Crippen molar-refractivity contribution in [3.05, 3.63) is 66.1 Å². The normalized spacial score (nSPS) is 16.9. The number of amides is 1. The van der Waals surface area contributed by atoms with Gasteiger partial charge in [0, 0.05) is 21.8 Å². The standard InChI is InChI=1S/C21H21FN4O4/c1-3-30-14-6-4-13(5-7-14)17-10-23-11-18(26-17)21(28)25-12-19(27)16-8-15(29-2)9-24-20(16)22/h4-11,19,27H,3,12H2,1-2H3,(H,25,28)/t19-/m1/s1/i1D3,2D3,3D2. The quantitative estimate of drug-likeness (QED) is 0.540. The van der Waals surface area contributed by atoms with Crippen molar-refractivity contribution in [1.82, 2.24) is 20.3 Å². The molecule has 3 rings (SSSR count).